The Morgan fingerprint density at radius 3 is 1.57 bits per heavy atom. The third-order valence-corrected chi connectivity index (χ3v) is 5.64. The van der Waals surface area contributed by atoms with E-state index in [-0.39, 0.29) is 6.04 Å². The van der Waals surface area contributed by atoms with Crippen LogP contribution in [0.4, 0.5) is 0 Å². The van der Waals surface area contributed by atoms with E-state index in [9.17, 15) is 9.90 Å². The Labute approximate surface area is 208 Å². The molecular weight excluding hydrogens is 434 g/mol. The molecule has 0 aliphatic heterocycles. The van der Waals surface area contributed by atoms with Crippen molar-refractivity contribution in [2.24, 2.45) is 0 Å². The van der Waals surface area contributed by atoms with Crippen LogP contribution in [0.1, 0.15) is 35.2 Å². The molecule has 35 heavy (non-hydrogen) atoms. The minimum absolute atomic E-state index is 0.244. The number of carboxylic acids is 1. The minimum Gasteiger partial charge on any atom is -0.480 e. The molecule has 2 atom stereocenters. The first-order chi connectivity index (χ1) is 17.0. The smallest absolute Gasteiger partial charge is 0.323 e. The average Bonchev–Trinajstić information content (AvgIpc) is 2.90. The van der Waals surface area contributed by atoms with Gasteiger partial charge in [0, 0.05) is 0 Å². The van der Waals surface area contributed by atoms with Gasteiger partial charge in [0.25, 0.3) is 0 Å². The van der Waals surface area contributed by atoms with Gasteiger partial charge >= 0.3 is 5.97 Å². The van der Waals surface area contributed by atoms with Gasteiger partial charge in [-0.2, -0.15) is 0 Å². The standard InChI is InChI=1S/C24H25NO3.C7H8/c1-18(28-17-19-11-5-2-6-12-19)22(24(26)27)25-23(20-13-7-3-8-14-20)21-15-9-4-10-16-21;1-7-5-3-2-4-6-7/h2-16,18,22-23,25H,17H2,1H3,(H,26,27);2-6H,1H3/t18-,22+;/m0./s1. The Morgan fingerprint density at radius 2 is 1.17 bits per heavy atom. The van der Waals surface area contributed by atoms with E-state index in [1.165, 1.54) is 5.56 Å². The second-order valence-corrected chi connectivity index (χ2v) is 8.39. The van der Waals surface area contributed by atoms with Gasteiger partial charge in [0.15, 0.2) is 0 Å². The molecule has 4 heteroatoms. The number of hydrogen-bond acceptors (Lipinski definition) is 3. The summed E-state index contributed by atoms with van der Waals surface area (Å²) in [6.45, 7) is 4.25. The van der Waals surface area contributed by atoms with Gasteiger partial charge in [-0.3, -0.25) is 10.1 Å². The van der Waals surface area contributed by atoms with Crippen LogP contribution < -0.4 is 5.32 Å². The summed E-state index contributed by atoms with van der Waals surface area (Å²) in [6.07, 6.45) is -0.507. The SMILES string of the molecule is C[C@H](OCc1ccccc1)[C@@H](NC(c1ccccc1)c1ccccc1)C(=O)O.Cc1ccccc1. The molecule has 180 valence electrons. The zero-order valence-electron chi connectivity index (χ0n) is 20.2. The lowest BCUT2D eigenvalue weighted by molar-refractivity contribution is -0.144. The zero-order chi connectivity index (χ0) is 24.9. The molecule has 0 spiro atoms. The fourth-order valence-electron chi connectivity index (χ4n) is 3.70. The summed E-state index contributed by atoms with van der Waals surface area (Å²) >= 11 is 0. The van der Waals surface area contributed by atoms with E-state index in [0.717, 1.165) is 16.7 Å². The third-order valence-electron chi connectivity index (χ3n) is 5.64. The molecule has 4 aromatic carbocycles. The summed E-state index contributed by atoms with van der Waals surface area (Å²) in [4.78, 5) is 12.0. The van der Waals surface area contributed by atoms with Crippen molar-refractivity contribution in [2.75, 3.05) is 0 Å². The fraction of sp³-hybridized carbons (Fsp3) is 0.194. The Kier molecular flexibility index (Phi) is 10.2. The number of aryl methyl sites for hydroxylation is 1. The maximum atomic E-state index is 12.0. The highest BCUT2D eigenvalue weighted by molar-refractivity contribution is 5.74. The molecule has 0 saturated heterocycles. The number of ether oxygens (including phenoxy) is 1. The van der Waals surface area contributed by atoms with Gasteiger partial charge in [-0.1, -0.05) is 127 Å². The molecular formula is C31H33NO3. The van der Waals surface area contributed by atoms with Crippen LogP contribution in [0.3, 0.4) is 0 Å². The third kappa shape index (κ3) is 8.53. The van der Waals surface area contributed by atoms with Gasteiger partial charge < -0.3 is 9.84 Å². The molecule has 4 aromatic rings. The second kappa shape index (κ2) is 13.9. The molecule has 0 radical (unpaired) electrons. The van der Waals surface area contributed by atoms with Crippen LogP contribution in [0.15, 0.2) is 121 Å². The molecule has 0 aromatic heterocycles. The molecule has 4 nitrogen and oxygen atoms in total. The molecule has 2 N–H and O–H groups in total. The molecule has 0 amide bonds. The van der Waals surface area contributed by atoms with Gasteiger partial charge in [-0.15, -0.1) is 0 Å². The molecule has 0 unspecified atom stereocenters. The van der Waals surface area contributed by atoms with Crippen LogP contribution in [0, 0.1) is 6.92 Å². The van der Waals surface area contributed by atoms with E-state index < -0.39 is 18.1 Å². The Bertz CT molecular complexity index is 1080. The van der Waals surface area contributed by atoms with E-state index in [0.29, 0.717) is 6.61 Å². The predicted octanol–water partition coefficient (Wildman–Crippen LogP) is 6.42. The maximum absolute atomic E-state index is 12.0. The van der Waals surface area contributed by atoms with Crippen molar-refractivity contribution >= 4 is 5.97 Å². The van der Waals surface area contributed by atoms with Crippen molar-refractivity contribution in [1.29, 1.82) is 0 Å². The van der Waals surface area contributed by atoms with Crippen LogP contribution in [0.25, 0.3) is 0 Å². The van der Waals surface area contributed by atoms with Crippen LogP contribution >= 0.6 is 0 Å². The first kappa shape index (κ1) is 25.9. The summed E-state index contributed by atoms with van der Waals surface area (Å²) in [5.74, 6) is -0.933. The number of aliphatic carboxylic acids is 1. The number of carbonyl (C=O) groups is 1. The summed E-state index contributed by atoms with van der Waals surface area (Å²) in [7, 11) is 0. The summed E-state index contributed by atoms with van der Waals surface area (Å²) in [5.41, 5.74) is 4.36. The lowest BCUT2D eigenvalue weighted by Gasteiger charge is -2.28. The topological polar surface area (TPSA) is 58.6 Å². The Hall–Kier alpha value is -3.73. The number of carboxylic acid groups (broad SMARTS) is 1. The summed E-state index contributed by atoms with van der Waals surface area (Å²) in [6, 6.07) is 38.6. The average molecular weight is 468 g/mol. The van der Waals surface area contributed by atoms with Gasteiger partial charge in [-0.05, 0) is 30.5 Å². The highest BCUT2D eigenvalue weighted by Gasteiger charge is 2.29. The van der Waals surface area contributed by atoms with Crippen molar-refractivity contribution in [3.05, 3.63) is 144 Å². The van der Waals surface area contributed by atoms with Gasteiger partial charge in [0.05, 0.1) is 18.8 Å². The summed E-state index contributed by atoms with van der Waals surface area (Å²) < 4.78 is 5.88. The van der Waals surface area contributed by atoms with Crippen molar-refractivity contribution in [3.8, 4) is 0 Å². The molecule has 0 fully saturated rings. The quantitative estimate of drug-likeness (QED) is 0.298. The van der Waals surface area contributed by atoms with Crippen LogP contribution in [0.5, 0.6) is 0 Å². The molecule has 0 heterocycles. The van der Waals surface area contributed by atoms with Crippen molar-refractivity contribution in [3.63, 3.8) is 0 Å². The van der Waals surface area contributed by atoms with Crippen molar-refractivity contribution in [2.45, 2.75) is 38.6 Å². The van der Waals surface area contributed by atoms with Crippen molar-refractivity contribution < 1.29 is 14.6 Å². The lowest BCUT2D eigenvalue weighted by atomic mass is 9.97. The van der Waals surface area contributed by atoms with E-state index in [4.69, 9.17) is 4.74 Å². The highest BCUT2D eigenvalue weighted by atomic mass is 16.5. The predicted molar refractivity (Wildman–Crippen MR) is 141 cm³/mol. The Balaban J connectivity index is 0.000000420. The van der Waals surface area contributed by atoms with Gasteiger partial charge in [0.1, 0.15) is 6.04 Å². The number of hydrogen-bond donors (Lipinski definition) is 2. The molecule has 0 aliphatic rings. The van der Waals surface area contributed by atoms with Crippen LogP contribution in [0.2, 0.25) is 0 Å². The Morgan fingerprint density at radius 1 is 0.743 bits per heavy atom. The number of rotatable bonds is 9. The van der Waals surface area contributed by atoms with E-state index in [2.05, 4.69) is 24.4 Å². The first-order valence-corrected chi connectivity index (χ1v) is 11.8. The highest BCUT2D eigenvalue weighted by Crippen LogP contribution is 2.23. The van der Waals surface area contributed by atoms with Gasteiger partial charge in [-0.25, -0.2) is 0 Å². The van der Waals surface area contributed by atoms with E-state index in [1.807, 2.05) is 109 Å². The fourth-order valence-corrected chi connectivity index (χ4v) is 3.70. The molecule has 0 saturated carbocycles. The van der Waals surface area contributed by atoms with Gasteiger partial charge in [0.2, 0.25) is 0 Å². The largest absolute Gasteiger partial charge is 0.480 e. The number of nitrogens with one attached hydrogen (secondary N) is 1. The van der Waals surface area contributed by atoms with Crippen LogP contribution in [-0.4, -0.2) is 23.2 Å². The molecule has 4 rings (SSSR count). The second-order valence-electron chi connectivity index (χ2n) is 8.39. The lowest BCUT2D eigenvalue weighted by Crippen LogP contribution is -2.47. The monoisotopic (exact) mass is 467 g/mol. The number of benzene rings is 4. The zero-order valence-corrected chi connectivity index (χ0v) is 20.2. The van der Waals surface area contributed by atoms with Crippen LogP contribution in [-0.2, 0) is 16.1 Å². The minimum atomic E-state index is -0.933. The maximum Gasteiger partial charge on any atom is 0.323 e. The molecule has 0 aliphatic carbocycles. The summed E-state index contributed by atoms with van der Waals surface area (Å²) in [5, 5.41) is 13.1. The van der Waals surface area contributed by atoms with E-state index in [1.54, 1.807) is 6.92 Å². The molecule has 0 bridgehead atoms. The first-order valence-electron chi connectivity index (χ1n) is 11.8. The van der Waals surface area contributed by atoms with Crippen molar-refractivity contribution in [1.82, 2.24) is 5.32 Å². The van der Waals surface area contributed by atoms with E-state index >= 15 is 0 Å². The normalized spacial score (nSPS) is 12.3.